The molecule has 1 aromatic carbocycles. The first kappa shape index (κ1) is 11.3. The fourth-order valence-electron chi connectivity index (χ4n) is 2.91. The highest BCUT2D eigenvalue weighted by Gasteiger charge is 2.45. The summed E-state index contributed by atoms with van der Waals surface area (Å²) in [7, 11) is 0. The fourth-order valence-corrected chi connectivity index (χ4v) is 2.91. The summed E-state index contributed by atoms with van der Waals surface area (Å²) in [4.78, 5) is 23.7. The lowest BCUT2D eigenvalue weighted by molar-refractivity contribution is -0.165. The van der Waals surface area contributed by atoms with E-state index in [0.29, 0.717) is 6.42 Å². The monoisotopic (exact) mass is 245 g/mol. The average Bonchev–Trinajstić information content (AvgIpc) is 2.30. The highest BCUT2D eigenvalue weighted by atomic mass is 16.5. The van der Waals surface area contributed by atoms with E-state index in [0.717, 1.165) is 16.8 Å². The van der Waals surface area contributed by atoms with Crippen LogP contribution in [0.5, 0.6) is 0 Å². The Morgan fingerprint density at radius 3 is 2.89 bits per heavy atom. The normalized spacial score (nSPS) is 30.0. The third kappa shape index (κ3) is 1.52. The number of carbonyl (C=O) groups is 2. The minimum Gasteiger partial charge on any atom is -0.457 e. The minimum absolute atomic E-state index is 0.0184. The topological polar surface area (TPSA) is 55.4 Å². The highest BCUT2D eigenvalue weighted by Crippen LogP contribution is 2.45. The van der Waals surface area contributed by atoms with Crippen molar-refractivity contribution in [2.24, 2.45) is 11.8 Å². The number of esters is 1. The number of ether oxygens (including phenoxy) is 1. The summed E-state index contributed by atoms with van der Waals surface area (Å²) in [5, 5.41) is 2.94. The van der Waals surface area contributed by atoms with Crippen LogP contribution in [0.2, 0.25) is 0 Å². The molecule has 0 radical (unpaired) electrons. The van der Waals surface area contributed by atoms with Crippen LogP contribution in [0.4, 0.5) is 5.69 Å². The van der Waals surface area contributed by atoms with Crippen molar-refractivity contribution in [3.63, 3.8) is 0 Å². The van der Waals surface area contributed by atoms with E-state index in [4.69, 9.17) is 4.74 Å². The number of carbonyl (C=O) groups excluding carboxylic acids is 2. The average molecular weight is 245 g/mol. The number of hydrogen-bond donors (Lipinski definition) is 1. The summed E-state index contributed by atoms with van der Waals surface area (Å²) in [6, 6.07) is 5.79. The van der Waals surface area contributed by atoms with E-state index in [-0.39, 0.29) is 23.7 Å². The zero-order valence-electron chi connectivity index (χ0n) is 10.4. The molecular formula is C14H15NO3. The van der Waals surface area contributed by atoms with Gasteiger partial charge in [0.05, 0.1) is 11.6 Å². The zero-order valence-corrected chi connectivity index (χ0v) is 10.4. The van der Waals surface area contributed by atoms with Gasteiger partial charge in [0.25, 0.3) is 0 Å². The number of fused-ring (bicyclic) bond motifs is 3. The van der Waals surface area contributed by atoms with Crippen LogP contribution in [-0.4, -0.2) is 11.9 Å². The lowest BCUT2D eigenvalue weighted by Crippen LogP contribution is -2.43. The van der Waals surface area contributed by atoms with Gasteiger partial charge in [0.2, 0.25) is 5.91 Å². The second-order valence-corrected chi connectivity index (χ2v) is 5.15. The molecule has 1 amide bonds. The largest absolute Gasteiger partial charge is 0.457 e. The number of amides is 1. The number of para-hydroxylation sites is 1. The van der Waals surface area contributed by atoms with E-state index in [1.807, 2.05) is 32.0 Å². The highest BCUT2D eigenvalue weighted by molar-refractivity contribution is 5.98. The van der Waals surface area contributed by atoms with Crippen LogP contribution in [0, 0.1) is 18.8 Å². The van der Waals surface area contributed by atoms with E-state index in [2.05, 4.69) is 5.32 Å². The van der Waals surface area contributed by atoms with Gasteiger partial charge in [-0.2, -0.15) is 0 Å². The summed E-state index contributed by atoms with van der Waals surface area (Å²) >= 11 is 0. The Bertz CT molecular complexity index is 538. The predicted molar refractivity (Wildman–Crippen MR) is 65.9 cm³/mol. The molecule has 1 fully saturated rings. The van der Waals surface area contributed by atoms with Crippen LogP contribution in [-0.2, 0) is 14.3 Å². The van der Waals surface area contributed by atoms with E-state index >= 15 is 0 Å². The lowest BCUT2D eigenvalue weighted by atomic mass is 9.78. The molecule has 1 aromatic rings. The van der Waals surface area contributed by atoms with Crippen molar-refractivity contribution in [3.8, 4) is 0 Å². The molecule has 1 saturated heterocycles. The van der Waals surface area contributed by atoms with E-state index in [1.54, 1.807) is 0 Å². The smallest absolute Gasteiger partial charge is 0.306 e. The molecule has 2 heterocycles. The van der Waals surface area contributed by atoms with Crippen LogP contribution in [0.15, 0.2) is 18.2 Å². The van der Waals surface area contributed by atoms with Gasteiger partial charge in [0, 0.05) is 12.0 Å². The molecule has 3 rings (SSSR count). The van der Waals surface area contributed by atoms with Crippen LogP contribution >= 0.6 is 0 Å². The molecule has 0 aromatic heterocycles. The van der Waals surface area contributed by atoms with Gasteiger partial charge in [-0.3, -0.25) is 9.59 Å². The standard InChI is InChI=1S/C14H15NO3/c1-7-4-3-5-9-12(7)15-14(17)11-8(2)6-10(16)18-13(9)11/h3-5,8,11,13H,6H2,1-2H3,(H,15,17)/t8-,11-,13+/m1/s1. The Morgan fingerprint density at radius 2 is 2.11 bits per heavy atom. The third-order valence-electron chi connectivity index (χ3n) is 3.85. The molecule has 4 heteroatoms. The number of anilines is 1. The minimum atomic E-state index is -0.426. The summed E-state index contributed by atoms with van der Waals surface area (Å²) in [5.41, 5.74) is 2.71. The van der Waals surface area contributed by atoms with E-state index in [1.165, 1.54) is 0 Å². The van der Waals surface area contributed by atoms with Crippen molar-refractivity contribution in [1.29, 1.82) is 0 Å². The van der Waals surface area contributed by atoms with Crippen LogP contribution in [0.25, 0.3) is 0 Å². The Kier molecular flexibility index (Phi) is 2.40. The molecule has 0 unspecified atom stereocenters. The summed E-state index contributed by atoms with van der Waals surface area (Å²) in [6.07, 6.45) is -0.111. The second kappa shape index (κ2) is 3.83. The molecule has 0 bridgehead atoms. The molecule has 18 heavy (non-hydrogen) atoms. The Hall–Kier alpha value is -1.84. The number of aryl methyl sites for hydroxylation is 1. The number of rotatable bonds is 0. The van der Waals surface area contributed by atoms with Gasteiger partial charge in [-0.15, -0.1) is 0 Å². The summed E-state index contributed by atoms with van der Waals surface area (Å²) in [6.45, 7) is 3.87. The second-order valence-electron chi connectivity index (χ2n) is 5.15. The molecule has 3 atom stereocenters. The van der Waals surface area contributed by atoms with Crippen molar-refractivity contribution < 1.29 is 14.3 Å². The van der Waals surface area contributed by atoms with Gasteiger partial charge in [0.15, 0.2) is 0 Å². The molecule has 0 spiro atoms. The van der Waals surface area contributed by atoms with Gasteiger partial charge in [-0.25, -0.2) is 0 Å². The van der Waals surface area contributed by atoms with Crippen LogP contribution < -0.4 is 5.32 Å². The Labute approximate surface area is 105 Å². The molecule has 0 saturated carbocycles. The first-order chi connectivity index (χ1) is 8.58. The molecule has 94 valence electrons. The predicted octanol–water partition coefficient (Wildman–Crippen LogP) is 2.19. The molecule has 2 aliphatic heterocycles. The van der Waals surface area contributed by atoms with Crippen molar-refractivity contribution in [2.75, 3.05) is 5.32 Å². The maximum Gasteiger partial charge on any atom is 0.306 e. The summed E-state index contributed by atoms with van der Waals surface area (Å²) < 4.78 is 5.41. The van der Waals surface area contributed by atoms with E-state index in [9.17, 15) is 9.59 Å². The van der Waals surface area contributed by atoms with Gasteiger partial charge in [-0.1, -0.05) is 25.1 Å². The Balaban J connectivity index is 2.12. The molecule has 4 nitrogen and oxygen atoms in total. The van der Waals surface area contributed by atoms with Crippen molar-refractivity contribution >= 4 is 17.6 Å². The fraction of sp³-hybridized carbons (Fsp3) is 0.429. The van der Waals surface area contributed by atoms with Crippen molar-refractivity contribution in [3.05, 3.63) is 29.3 Å². The van der Waals surface area contributed by atoms with Crippen LogP contribution in [0.1, 0.15) is 30.6 Å². The van der Waals surface area contributed by atoms with Gasteiger partial charge < -0.3 is 10.1 Å². The van der Waals surface area contributed by atoms with Gasteiger partial charge in [-0.05, 0) is 18.4 Å². The SMILES string of the molecule is Cc1cccc2c1NC(=O)[C@@H]1[C@H](C)CC(=O)O[C@@H]21. The maximum atomic E-state index is 12.2. The number of hydrogen-bond acceptors (Lipinski definition) is 3. The molecule has 2 aliphatic rings. The number of benzene rings is 1. The van der Waals surface area contributed by atoms with Gasteiger partial charge in [0.1, 0.15) is 6.10 Å². The molecular weight excluding hydrogens is 230 g/mol. The number of nitrogens with one attached hydrogen (secondary N) is 1. The maximum absolute atomic E-state index is 12.2. The van der Waals surface area contributed by atoms with Crippen molar-refractivity contribution in [2.45, 2.75) is 26.4 Å². The first-order valence-corrected chi connectivity index (χ1v) is 6.18. The molecule has 0 aliphatic carbocycles. The third-order valence-corrected chi connectivity index (χ3v) is 3.85. The summed E-state index contributed by atoms with van der Waals surface area (Å²) in [5.74, 6) is -0.505. The lowest BCUT2D eigenvalue weighted by Gasteiger charge is -2.39. The quantitative estimate of drug-likeness (QED) is 0.713. The van der Waals surface area contributed by atoms with E-state index < -0.39 is 6.10 Å². The first-order valence-electron chi connectivity index (χ1n) is 6.18. The molecule has 1 N–H and O–H groups in total. The van der Waals surface area contributed by atoms with Gasteiger partial charge >= 0.3 is 5.97 Å². The van der Waals surface area contributed by atoms with Crippen LogP contribution in [0.3, 0.4) is 0 Å². The Morgan fingerprint density at radius 1 is 1.33 bits per heavy atom. The van der Waals surface area contributed by atoms with Crippen molar-refractivity contribution in [1.82, 2.24) is 0 Å². The zero-order chi connectivity index (χ0) is 12.9.